The molecule has 3 atom stereocenters. The van der Waals surface area contributed by atoms with Gasteiger partial charge in [0, 0.05) is 25.7 Å². The second-order valence-corrected chi connectivity index (χ2v) is 8.36. The smallest absolute Gasteiger partial charge is 0.0580 e. The van der Waals surface area contributed by atoms with E-state index in [-0.39, 0.29) is 12.7 Å². The largest absolute Gasteiger partial charge is 0.396 e. The van der Waals surface area contributed by atoms with Gasteiger partial charge in [-0.15, -0.1) is 0 Å². The third-order valence-electron chi connectivity index (χ3n) is 5.83. The minimum atomic E-state index is -0.125. The van der Waals surface area contributed by atoms with Crippen LogP contribution in [-0.4, -0.2) is 47.0 Å². The lowest BCUT2D eigenvalue weighted by Gasteiger charge is -2.44. The highest BCUT2D eigenvalue weighted by Crippen LogP contribution is 2.41. The quantitative estimate of drug-likeness (QED) is 0.792. The number of aliphatic hydroxyl groups excluding tert-OH is 2. The van der Waals surface area contributed by atoms with Crippen molar-refractivity contribution < 1.29 is 10.2 Å². The molecule has 21 heavy (non-hydrogen) atoms. The van der Waals surface area contributed by atoms with Gasteiger partial charge in [-0.1, -0.05) is 27.2 Å². The Bertz CT molecular complexity index is 309. The summed E-state index contributed by atoms with van der Waals surface area (Å²) in [6.07, 6.45) is 7.98. The molecule has 124 valence electrons. The Balaban J connectivity index is 1.93. The summed E-state index contributed by atoms with van der Waals surface area (Å²) in [5.41, 5.74) is 0.352. The van der Waals surface area contributed by atoms with Crippen molar-refractivity contribution in [1.29, 1.82) is 0 Å². The van der Waals surface area contributed by atoms with E-state index in [1.807, 2.05) is 0 Å². The molecule has 3 heteroatoms. The summed E-state index contributed by atoms with van der Waals surface area (Å²) < 4.78 is 0. The number of hydrogen-bond donors (Lipinski definition) is 2. The zero-order chi connectivity index (χ0) is 15.5. The molecule has 0 aromatic heterocycles. The van der Waals surface area contributed by atoms with Gasteiger partial charge in [-0.25, -0.2) is 0 Å². The molecule has 2 aliphatic carbocycles. The van der Waals surface area contributed by atoms with Crippen LogP contribution in [0, 0.1) is 17.3 Å². The molecule has 2 fully saturated rings. The highest BCUT2D eigenvalue weighted by atomic mass is 16.3. The van der Waals surface area contributed by atoms with Crippen LogP contribution in [0.2, 0.25) is 0 Å². The maximum atomic E-state index is 10.4. The van der Waals surface area contributed by atoms with Crippen molar-refractivity contribution in [3.63, 3.8) is 0 Å². The fraction of sp³-hybridized carbons (Fsp3) is 1.00. The van der Waals surface area contributed by atoms with Crippen molar-refractivity contribution in [2.45, 2.75) is 77.9 Å². The second kappa shape index (κ2) is 7.43. The SMILES string of the molecule is CC(C)(C)C1CCC(O)C(CN(CCCO)C2CCC2)C1. The fourth-order valence-corrected chi connectivity index (χ4v) is 3.98. The molecular formula is C18H35NO2. The Morgan fingerprint density at radius 2 is 1.81 bits per heavy atom. The molecule has 0 heterocycles. The van der Waals surface area contributed by atoms with Gasteiger partial charge in [0.25, 0.3) is 0 Å². The average Bonchev–Trinajstić information content (AvgIpc) is 2.34. The first-order valence-corrected chi connectivity index (χ1v) is 8.94. The lowest BCUT2D eigenvalue weighted by molar-refractivity contribution is -0.0113. The monoisotopic (exact) mass is 297 g/mol. The Hall–Kier alpha value is -0.120. The van der Waals surface area contributed by atoms with Crippen molar-refractivity contribution in [3.05, 3.63) is 0 Å². The van der Waals surface area contributed by atoms with Gasteiger partial charge >= 0.3 is 0 Å². The van der Waals surface area contributed by atoms with Crippen LogP contribution < -0.4 is 0 Å². The molecule has 0 spiro atoms. The van der Waals surface area contributed by atoms with Crippen molar-refractivity contribution in [2.75, 3.05) is 19.7 Å². The van der Waals surface area contributed by atoms with Gasteiger partial charge in [-0.3, -0.25) is 4.90 Å². The Labute approximate surface area is 130 Å². The summed E-state index contributed by atoms with van der Waals surface area (Å²) in [5.74, 6) is 1.15. The predicted molar refractivity (Wildman–Crippen MR) is 87.2 cm³/mol. The predicted octanol–water partition coefficient (Wildman–Crippen LogP) is 3.05. The molecule has 0 aromatic rings. The van der Waals surface area contributed by atoms with Crippen molar-refractivity contribution in [2.24, 2.45) is 17.3 Å². The van der Waals surface area contributed by atoms with Gasteiger partial charge in [0.05, 0.1) is 6.10 Å². The van der Waals surface area contributed by atoms with Crippen LogP contribution >= 0.6 is 0 Å². The highest BCUT2D eigenvalue weighted by Gasteiger charge is 2.37. The summed E-state index contributed by atoms with van der Waals surface area (Å²) >= 11 is 0. The first-order chi connectivity index (χ1) is 9.91. The molecule has 3 nitrogen and oxygen atoms in total. The van der Waals surface area contributed by atoms with E-state index in [0.717, 1.165) is 38.3 Å². The van der Waals surface area contributed by atoms with Crippen LogP contribution in [0.1, 0.15) is 65.7 Å². The standard InChI is InChI=1S/C18H35NO2/c1-18(2,3)15-8-9-17(21)14(12-15)13-19(10-5-11-20)16-6-4-7-16/h14-17,20-21H,4-13H2,1-3H3. The van der Waals surface area contributed by atoms with Crippen molar-refractivity contribution in [3.8, 4) is 0 Å². The lowest BCUT2D eigenvalue weighted by atomic mass is 9.68. The summed E-state index contributed by atoms with van der Waals surface area (Å²) in [7, 11) is 0. The van der Waals surface area contributed by atoms with E-state index in [9.17, 15) is 5.11 Å². The van der Waals surface area contributed by atoms with E-state index < -0.39 is 0 Å². The summed E-state index contributed by atoms with van der Waals surface area (Å²) in [6, 6.07) is 0.707. The van der Waals surface area contributed by atoms with E-state index in [1.54, 1.807) is 0 Å². The van der Waals surface area contributed by atoms with Crippen LogP contribution in [0.15, 0.2) is 0 Å². The molecule has 2 rings (SSSR count). The second-order valence-electron chi connectivity index (χ2n) is 8.36. The van der Waals surface area contributed by atoms with Crippen LogP contribution in [-0.2, 0) is 0 Å². The van der Waals surface area contributed by atoms with Crippen molar-refractivity contribution in [1.82, 2.24) is 4.90 Å². The van der Waals surface area contributed by atoms with E-state index in [1.165, 1.54) is 25.7 Å². The number of nitrogens with zero attached hydrogens (tertiary/aromatic N) is 1. The molecule has 0 bridgehead atoms. The van der Waals surface area contributed by atoms with Gasteiger partial charge in [-0.2, -0.15) is 0 Å². The van der Waals surface area contributed by atoms with Crippen LogP contribution in [0.25, 0.3) is 0 Å². The highest BCUT2D eigenvalue weighted by molar-refractivity contribution is 4.89. The van der Waals surface area contributed by atoms with Gasteiger partial charge in [0.15, 0.2) is 0 Å². The zero-order valence-electron chi connectivity index (χ0n) is 14.2. The third kappa shape index (κ3) is 4.67. The summed E-state index contributed by atoms with van der Waals surface area (Å²) in [6.45, 7) is 9.30. The Kier molecular flexibility index (Phi) is 6.10. The first kappa shape index (κ1) is 17.2. The normalized spacial score (nSPS) is 31.4. The maximum absolute atomic E-state index is 10.4. The van der Waals surface area contributed by atoms with Gasteiger partial charge in [-0.05, 0) is 55.8 Å². The van der Waals surface area contributed by atoms with Crippen LogP contribution in [0.4, 0.5) is 0 Å². The molecule has 0 amide bonds. The average molecular weight is 297 g/mol. The lowest BCUT2D eigenvalue weighted by Crippen LogP contribution is -2.47. The molecule has 0 radical (unpaired) electrons. The minimum Gasteiger partial charge on any atom is -0.396 e. The summed E-state index contributed by atoms with van der Waals surface area (Å²) in [4.78, 5) is 2.55. The fourth-order valence-electron chi connectivity index (χ4n) is 3.98. The zero-order valence-corrected chi connectivity index (χ0v) is 14.2. The molecule has 0 aromatic carbocycles. The van der Waals surface area contributed by atoms with Gasteiger partial charge in [0.1, 0.15) is 0 Å². The Morgan fingerprint density at radius 3 is 2.33 bits per heavy atom. The Morgan fingerprint density at radius 1 is 1.10 bits per heavy atom. The molecule has 3 unspecified atom stereocenters. The number of hydrogen-bond acceptors (Lipinski definition) is 3. The molecule has 0 saturated heterocycles. The summed E-state index contributed by atoms with van der Waals surface area (Å²) in [5, 5.41) is 19.5. The van der Waals surface area contributed by atoms with Crippen molar-refractivity contribution >= 4 is 0 Å². The van der Waals surface area contributed by atoms with Crippen LogP contribution in [0.5, 0.6) is 0 Å². The molecule has 0 aliphatic heterocycles. The third-order valence-corrected chi connectivity index (χ3v) is 5.83. The maximum Gasteiger partial charge on any atom is 0.0580 e. The van der Waals surface area contributed by atoms with E-state index in [0.29, 0.717) is 17.4 Å². The topological polar surface area (TPSA) is 43.7 Å². The van der Waals surface area contributed by atoms with E-state index >= 15 is 0 Å². The molecular weight excluding hydrogens is 262 g/mol. The number of rotatable bonds is 6. The van der Waals surface area contributed by atoms with Crippen LogP contribution in [0.3, 0.4) is 0 Å². The number of aliphatic hydroxyl groups is 2. The van der Waals surface area contributed by atoms with Gasteiger partial charge in [0.2, 0.25) is 0 Å². The molecule has 2 N–H and O–H groups in total. The van der Waals surface area contributed by atoms with E-state index in [4.69, 9.17) is 5.11 Å². The van der Waals surface area contributed by atoms with Gasteiger partial charge < -0.3 is 10.2 Å². The molecule has 2 saturated carbocycles. The minimum absolute atomic E-state index is 0.125. The first-order valence-electron chi connectivity index (χ1n) is 8.94. The molecule has 2 aliphatic rings. The van der Waals surface area contributed by atoms with E-state index in [2.05, 4.69) is 25.7 Å².